The highest BCUT2D eigenvalue weighted by atomic mass is 32.1. The molecule has 2 aromatic rings. The lowest BCUT2D eigenvalue weighted by Gasteiger charge is -2.35. The van der Waals surface area contributed by atoms with Crippen LogP contribution in [-0.4, -0.2) is 28.9 Å². The minimum atomic E-state index is -0.0343. The number of carbonyl (C=O) groups is 1. The third-order valence-electron chi connectivity index (χ3n) is 3.85. The molecule has 0 aliphatic carbocycles. The van der Waals surface area contributed by atoms with Gasteiger partial charge < -0.3 is 10.6 Å². The number of pyridine rings is 1. The second kappa shape index (κ2) is 5.05. The molecule has 0 saturated carbocycles. The number of nitrogens with two attached hydrogens (primary N) is 1. The molecule has 2 heterocycles. The summed E-state index contributed by atoms with van der Waals surface area (Å²) in [6.07, 6.45) is 1.72. The minimum absolute atomic E-state index is 0.0219. The predicted molar refractivity (Wildman–Crippen MR) is 85.0 cm³/mol. The number of rotatable bonds is 2. The zero-order valence-electron chi connectivity index (χ0n) is 12.6. The van der Waals surface area contributed by atoms with Crippen LogP contribution in [0, 0.1) is 5.41 Å². The van der Waals surface area contributed by atoms with Crippen molar-refractivity contribution in [1.82, 2.24) is 9.88 Å². The standard InChI is InChI=1S/C15H21N3OS/c1-9(15(2,3)4)18(5)14(19)12-11(16)10-7-6-8-17-13(10)20-12/h6-9H,16H2,1-5H3. The molecule has 0 spiro atoms. The second-order valence-electron chi connectivity index (χ2n) is 6.16. The van der Waals surface area contributed by atoms with Gasteiger partial charge in [-0.15, -0.1) is 11.3 Å². The summed E-state index contributed by atoms with van der Waals surface area (Å²) in [7, 11) is 1.83. The Labute approximate surface area is 123 Å². The summed E-state index contributed by atoms with van der Waals surface area (Å²) < 4.78 is 0. The molecule has 0 bridgehead atoms. The topological polar surface area (TPSA) is 59.2 Å². The van der Waals surface area contributed by atoms with Crippen LogP contribution in [0.2, 0.25) is 0 Å². The third kappa shape index (κ3) is 2.50. The molecule has 1 amide bonds. The van der Waals surface area contributed by atoms with Gasteiger partial charge in [-0.25, -0.2) is 4.98 Å². The molecule has 20 heavy (non-hydrogen) atoms. The number of thiophene rings is 1. The van der Waals surface area contributed by atoms with E-state index < -0.39 is 0 Å². The van der Waals surface area contributed by atoms with E-state index in [1.54, 1.807) is 11.1 Å². The van der Waals surface area contributed by atoms with Gasteiger partial charge >= 0.3 is 0 Å². The van der Waals surface area contributed by atoms with Crippen LogP contribution in [0.15, 0.2) is 18.3 Å². The molecule has 1 atom stereocenters. The van der Waals surface area contributed by atoms with Crippen LogP contribution >= 0.6 is 11.3 Å². The highest BCUT2D eigenvalue weighted by Gasteiger charge is 2.29. The Morgan fingerprint density at radius 3 is 2.65 bits per heavy atom. The van der Waals surface area contributed by atoms with Crippen molar-refractivity contribution in [3.05, 3.63) is 23.2 Å². The van der Waals surface area contributed by atoms with Gasteiger partial charge in [-0.05, 0) is 24.5 Å². The van der Waals surface area contributed by atoms with E-state index in [2.05, 4.69) is 32.7 Å². The van der Waals surface area contributed by atoms with Crippen molar-refractivity contribution in [2.45, 2.75) is 33.7 Å². The van der Waals surface area contributed by atoms with E-state index in [-0.39, 0.29) is 17.4 Å². The van der Waals surface area contributed by atoms with Gasteiger partial charge in [0.25, 0.3) is 5.91 Å². The largest absolute Gasteiger partial charge is 0.397 e. The highest BCUT2D eigenvalue weighted by molar-refractivity contribution is 7.21. The summed E-state index contributed by atoms with van der Waals surface area (Å²) in [4.78, 5) is 20.1. The van der Waals surface area contributed by atoms with Crippen molar-refractivity contribution in [2.24, 2.45) is 5.41 Å². The zero-order chi connectivity index (χ0) is 15.1. The Kier molecular flexibility index (Phi) is 3.73. The lowest BCUT2D eigenvalue weighted by molar-refractivity contribution is 0.0635. The Morgan fingerprint density at radius 1 is 1.45 bits per heavy atom. The first-order valence-corrected chi connectivity index (χ1v) is 7.45. The van der Waals surface area contributed by atoms with E-state index in [0.717, 1.165) is 10.2 Å². The van der Waals surface area contributed by atoms with Crippen LogP contribution in [-0.2, 0) is 0 Å². The van der Waals surface area contributed by atoms with Crippen molar-refractivity contribution < 1.29 is 4.79 Å². The number of carbonyl (C=O) groups excluding carboxylic acids is 1. The third-order valence-corrected chi connectivity index (χ3v) is 4.97. The summed E-state index contributed by atoms with van der Waals surface area (Å²) in [5.41, 5.74) is 6.67. The minimum Gasteiger partial charge on any atom is -0.397 e. The molecule has 0 fully saturated rings. The maximum absolute atomic E-state index is 12.7. The second-order valence-corrected chi connectivity index (χ2v) is 7.16. The SMILES string of the molecule is CC(N(C)C(=O)c1sc2ncccc2c1N)C(C)(C)C. The Hall–Kier alpha value is -1.62. The summed E-state index contributed by atoms with van der Waals surface area (Å²) in [6.45, 7) is 8.42. The fraction of sp³-hybridized carbons (Fsp3) is 0.467. The maximum Gasteiger partial charge on any atom is 0.266 e. The molecule has 2 aromatic heterocycles. The van der Waals surface area contributed by atoms with Crippen LogP contribution in [0.4, 0.5) is 5.69 Å². The molecule has 0 aliphatic rings. The number of amides is 1. The van der Waals surface area contributed by atoms with Crippen molar-refractivity contribution in [3.8, 4) is 0 Å². The van der Waals surface area contributed by atoms with Gasteiger partial charge in [-0.2, -0.15) is 0 Å². The summed E-state index contributed by atoms with van der Waals surface area (Å²) >= 11 is 1.36. The molecule has 4 nitrogen and oxygen atoms in total. The molecule has 0 saturated heterocycles. The van der Waals surface area contributed by atoms with Crippen LogP contribution in [0.1, 0.15) is 37.4 Å². The van der Waals surface area contributed by atoms with E-state index in [4.69, 9.17) is 5.73 Å². The van der Waals surface area contributed by atoms with Gasteiger partial charge in [0.1, 0.15) is 9.71 Å². The molecule has 1 unspecified atom stereocenters. The van der Waals surface area contributed by atoms with Gasteiger partial charge in [0.15, 0.2) is 0 Å². The predicted octanol–water partition coefficient (Wildman–Crippen LogP) is 3.39. The van der Waals surface area contributed by atoms with Crippen molar-refractivity contribution >= 4 is 33.1 Å². The number of nitrogens with zero attached hydrogens (tertiary/aromatic N) is 2. The quantitative estimate of drug-likeness (QED) is 0.922. The first-order valence-electron chi connectivity index (χ1n) is 6.63. The number of anilines is 1. The Balaban J connectivity index is 2.39. The lowest BCUT2D eigenvalue weighted by Crippen LogP contribution is -2.42. The average Bonchev–Trinajstić information content (AvgIpc) is 2.73. The average molecular weight is 291 g/mol. The molecule has 108 valence electrons. The number of nitrogen functional groups attached to an aromatic ring is 1. The molecule has 5 heteroatoms. The van der Waals surface area contributed by atoms with Crippen LogP contribution in [0.3, 0.4) is 0 Å². The van der Waals surface area contributed by atoms with E-state index in [1.165, 1.54) is 11.3 Å². The van der Waals surface area contributed by atoms with Gasteiger partial charge in [0.05, 0.1) is 5.69 Å². The number of aromatic nitrogens is 1. The van der Waals surface area contributed by atoms with Crippen molar-refractivity contribution in [1.29, 1.82) is 0 Å². The Morgan fingerprint density at radius 2 is 2.10 bits per heavy atom. The highest BCUT2D eigenvalue weighted by Crippen LogP contribution is 2.34. The van der Waals surface area contributed by atoms with E-state index >= 15 is 0 Å². The van der Waals surface area contributed by atoms with E-state index in [1.807, 2.05) is 19.2 Å². The lowest BCUT2D eigenvalue weighted by atomic mass is 9.87. The molecular formula is C15H21N3OS. The molecule has 2 N–H and O–H groups in total. The van der Waals surface area contributed by atoms with Crippen LogP contribution in [0.25, 0.3) is 10.2 Å². The smallest absolute Gasteiger partial charge is 0.266 e. The summed E-state index contributed by atoms with van der Waals surface area (Å²) in [5.74, 6) is -0.0343. The first kappa shape index (κ1) is 14.8. The number of hydrogen-bond acceptors (Lipinski definition) is 4. The Bertz CT molecular complexity index is 642. The number of fused-ring (bicyclic) bond motifs is 1. The van der Waals surface area contributed by atoms with Gasteiger partial charge in [-0.3, -0.25) is 4.79 Å². The molecular weight excluding hydrogens is 270 g/mol. The monoisotopic (exact) mass is 291 g/mol. The van der Waals surface area contributed by atoms with Gasteiger partial charge in [-0.1, -0.05) is 20.8 Å². The van der Waals surface area contributed by atoms with Crippen molar-refractivity contribution in [3.63, 3.8) is 0 Å². The fourth-order valence-electron chi connectivity index (χ4n) is 2.03. The van der Waals surface area contributed by atoms with E-state index in [0.29, 0.717) is 10.6 Å². The number of hydrogen-bond donors (Lipinski definition) is 1. The normalized spacial score (nSPS) is 13.4. The van der Waals surface area contributed by atoms with Gasteiger partial charge in [0, 0.05) is 24.7 Å². The molecule has 0 aliphatic heterocycles. The van der Waals surface area contributed by atoms with E-state index in [9.17, 15) is 4.79 Å². The summed E-state index contributed by atoms with van der Waals surface area (Å²) in [6, 6.07) is 3.85. The molecule has 2 rings (SSSR count). The first-order chi connectivity index (χ1) is 9.23. The van der Waals surface area contributed by atoms with Gasteiger partial charge in [0.2, 0.25) is 0 Å². The van der Waals surface area contributed by atoms with Crippen LogP contribution in [0.5, 0.6) is 0 Å². The van der Waals surface area contributed by atoms with Crippen LogP contribution < -0.4 is 5.73 Å². The molecule has 0 radical (unpaired) electrons. The zero-order valence-corrected chi connectivity index (χ0v) is 13.4. The summed E-state index contributed by atoms with van der Waals surface area (Å²) in [5, 5.41) is 0.859. The van der Waals surface area contributed by atoms with Crippen molar-refractivity contribution in [2.75, 3.05) is 12.8 Å². The maximum atomic E-state index is 12.7. The molecule has 0 aromatic carbocycles. The fourth-order valence-corrected chi connectivity index (χ4v) is 3.07.